The van der Waals surface area contributed by atoms with Crippen molar-refractivity contribution in [3.63, 3.8) is 0 Å². The fraction of sp³-hybridized carbons (Fsp3) is 0.381. The third-order valence-electron chi connectivity index (χ3n) is 5.21. The van der Waals surface area contributed by atoms with Crippen LogP contribution in [-0.2, 0) is 19.7 Å². The quantitative estimate of drug-likeness (QED) is 0.772. The molecular formula is C21H25NO4S. The second-order valence-corrected chi connectivity index (χ2v) is 8.80. The van der Waals surface area contributed by atoms with E-state index >= 15 is 0 Å². The van der Waals surface area contributed by atoms with Crippen LogP contribution in [0.15, 0.2) is 60.7 Å². The number of carbonyl (C=O) groups is 1. The molecule has 1 N–H and O–H groups in total. The van der Waals surface area contributed by atoms with Crippen molar-refractivity contribution in [2.45, 2.75) is 37.2 Å². The average Bonchev–Trinajstić information content (AvgIpc) is 2.68. The number of rotatable bonds is 6. The van der Waals surface area contributed by atoms with E-state index in [1.807, 2.05) is 36.4 Å². The molecule has 1 aliphatic carbocycles. The van der Waals surface area contributed by atoms with Gasteiger partial charge in [-0.05, 0) is 43.4 Å². The number of benzene rings is 2. The molecule has 0 radical (unpaired) electrons. The van der Waals surface area contributed by atoms with E-state index in [9.17, 15) is 13.2 Å². The van der Waals surface area contributed by atoms with Gasteiger partial charge in [0.25, 0.3) is 16.0 Å². The number of nitrogens with one attached hydrogen (secondary N) is 1. The maximum absolute atomic E-state index is 12.5. The van der Waals surface area contributed by atoms with Crippen molar-refractivity contribution in [2.24, 2.45) is 0 Å². The van der Waals surface area contributed by atoms with Gasteiger partial charge in [0.05, 0.1) is 12.4 Å². The van der Waals surface area contributed by atoms with Crippen LogP contribution in [0.5, 0.6) is 0 Å². The van der Waals surface area contributed by atoms with Gasteiger partial charge < -0.3 is 5.32 Å². The van der Waals surface area contributed by atoms with Crippen LogP contribution in [0.2, 0.25) is 0 Å². The van der Waals surface area contributed by atoms with Crippen LogP contribution in [0.3, 0.4) is 0 Å². The minimum atomic E-state index is -3.46. The lowest BCUT2D eigenvalue weighted by molar-refractivity contribution is 0.0910. The Morgan fingerprint density at radius 3 is 2.15 bits per heavy atom. The Morgan fingerprint density at radius 2 is 1.59 bits per heavy atom. The second kappa shape index (κ2) is 8.23. The molecule has 5 nitrogen and oxygen atoms in total. The maximum Gasteiger partial charge on any atom is 0.264 e. The van der Waals surface area contributed by atoms with Crippen molar-refractivity contribution in [2.75, 3.05) is 12.8 Å². The summed E-state index contributed by atoms with van der Waals surface area (Å²) in [6.07, 6.45) is 3.60. The summed E-state index contributed by atoms with van der Waals surface area (Å²) >= 11 is 0. The predicted octanol–water partition coefficient (Wildman–Crippen LogP) is 3.27. The molecular weight excluding hydrogens is 362 g/mol. The van der Waals surface area contributed by atoms with Gasteiger partial charge in [-0.3, -0.25) is 8.98 Å². The highest BCUT2D eigenvalue weighted by Crippen LogP contribution is 2.40. The summed E-state index contributed by atoms with van der Waals surface area (Å²) in [5, 5.41) is 3.07. The fourth-order valence-corrected chi connectivity index (χ4v) is 4.47. The zero-order chi connectivity index (χ0) is 19.3. The first kappa shape index (κ1) is 19.6. The molecule has 27 heavy (non-hydrogen) atoms. The van der Waals surface area contributed by atoms with Gasteiger partial charge in [0, 0.05) is 17.5 Å². The molecule has 1 amide bonds. The third kappa shape index (κ3) is 5.17. The van der Waals surface area contributed by atoms with Gasteiger partial charge in [-0.25, -0.2) is 0 Å². The molecule has 0 heterocycles. The molecule has 0 aliphatic heterocycles. The van der Waals surface area contributed by atoms with Crippen molar-refractivity contribution < 1.29 is 17.4 Å². The normalized spacial score (nSPS) is 22.9. The summed E-state index contributed by atoms with van der Waals surface area (Å²) in [5.41, 5.74) is 1.58. The monoisotopic (exact) mass is 387 g/mol. The number of hydrogen-bond acceptors (Lipinski definition) is 4. The Morgan fingerprint density at radius 1 is 1.04 bits per heavy atom. The molecule has 1 aliphatic rings. The van der Waals surface area contributed by atoms with E-state index in [4.69, 9.17) is 4.18 Å². The molecule has 144 valence electrons. The van der Waals surface area contributed by atoms with Crippen LogP contribution in [0, 0.1) is 0 Å². The number of carbonyl (C=O) groups excluding carboxylic acids is 1. The van der Waals surface area contributed by atoms with Crippen LogP contribution in [0.4, 0.5) is 0 Å². The lowest BCUT2D eigenvalue weighted by atomic mass is 9.68. The van der Waals surface area contributed by atoms with Gasteiger partial charge in [0.2, 0.25) is 0 Å². The Hall–Kier alpha value is -2.18. The topological polar surface area (TPSA) is 72.5 Å². The predicted molar refractivity (Wildman–Crippen MR) is 105 cm³/mol. The van der Waals surface area contributed by atoms with Crippen LogP contribution < -0.4 is 5.32 Å². The van der Waals surface area contributed by atoms with E-state index in [0.29, 0.717) is 24.9 Å². The van der Waals surface area contributed by atoms with Crippen LogP contribution in [0.1, 0.15) is 41.6 Å². The summed E-state index contributed by atoms with van der Waals surface area (Å²) in [6, 6.07) is 19.3. The van der Waals surface area contributed by atoms with Crippen LogP contribution >= 0.6 is 0 Å². The summed E-state index contributed by atoms with van der Waals surface area (Å²) in [4.78, 5) is 12.5. The zero-order valence-corrected chi connectivity index (χ0v) is 16.2. The number of hydrogen-bond donors (Lipinski definition) is 1. The van der Waals surface area contributed by atoms with E-state index in [2.05, 4.69) is 17.4 Å². The summed E-state index contributed by atoms with van der Waals surface area (Å²) in [7, 11) is -3.46. The molecule has 2 aromatic carbocycles. The van der Waals surface area contributed by atoms with Crippen LogP contribution in [-0.4, -0.2) is 33.2 Å². The van der Waals surface area contributed by atoms with E-state index in [1.54, 1.807) is 12.1 Å². The first-order chi connectivity index (χ1) is 12.9. The molecule has 0 unspecified atom stereocenters. The lowest BCUT2D eigenvalue weighted by Crippen LogP contribution is -2.44. The van der Waals surface area contributed by atoms with Gasteiger partial charge in [-0.2, -0.15) is 8.42 Å². The van der Waals surface area contributed by atoms with E-state index in [1.165, 1.54) is 0 Å². The highest BCUT2D eigenvalue weighted by Gasteiger charge is 2.38. The first-order valence-corrected chi connectivity index (χ1v) is 11.0. The van der Waals surface area contributed by atoms with Crippen molar-refractivity contribution in [1.29, 1.82) is 0 Å². The number of amides is 1. The molecule has 3 rings (SSSR count). The molecule has 6 heteroatoms. The lowest BCUT2D eigenvalue weighted by Gasteiger charge is -2.40. The van der Waals surface area contributed by atoms with Crippen molar-refractivity contribution in [3.05, 3.63) is 71.8 Å². The van der Waals surface area contributed by atoms with Gasteiger partial charge in [-0.15, -0.1) is 0 Å². The van der Waals surface area contributed by atoms with Crippen LogP contribution in [0.25, 0.3) is 0 Å². The Labute approximate surface area is 160 Å². The molecule has 0 bridgehead atoms. The van der Waals surface area contributed by atoms with E-state index in [-0.39, 0.29) is 17.4 Å². The molecule has 0 aromatic heterocycles. The zero-order valence-electron chi connectivity index (χ0n) is 15.4. The standard InChI is InChI=1S/C21H25NO4S/c1-27(24,25)26-19-12-14-21(15-13-19,18-10-6-3-7-11-18)16-22-20(23)17-8-4-2-5-9-17/h2-11,19H,12-16H2,1H3,(H,22,23). The van der Waals surface area contributed by atoms with Gasteiger partial charge in [0.1, 0.15) is 0 Å². The van der Waals surface area contributed by atoms with Gasteiger partial charge in [0.15, 0.2) is 0 Å². The molecule has 0 atom stereocenters. The van der Waals surface area contributed by atoms with Crippen molar-refractivity contribution >= 4 is 16.0 Å². The highest BCUT2D eigenvalue weighted by atomic mass is 32.2. The van der Waals surface area contributed by atoms with E-state index < -0.39 is 10.1 Å². The smallest absolute Gasteiger partial charge is 0.264 e. The third-order valence-corrected chi connectivity index (χ3v) is 5.83. The van der Waals surface area contributed by atoms with Gasteiger partial charge >= 0.3 is 0 Å². The summed E-state index contributed by atoms with van der Waals surface area (Å²) in [5.74, 6) is -0.0968. The summed E-state index contributed by atoms with van der Waals surface area (Å²) in [6.45, 7) is 0.510. The van der Waals surface area contributed by atoms with Gasteiger partial charge in [-0.1, -0.05) is 48.5 Å². The molecule has 0 spiro atoms. The summed E-state index contributed by atoms with van der Waals surface area (Å²) < 4.78 is 28.0. The minimum absolute atomic E-state index is 0.0968. The van der Waals surface area contributed by atoms with Crippen molar-refractivity contribution in [1.82, 2.24) is 5.32 Å². The Bertz CT molecular complexity index is 858. The SMILES string of the molecule is CS(=O)(=O)OC1CCC(CNC(=O)c2ccccc2)(c2ccccc2)CC1. The van der Waals surface area contributed by atoms with E-state index in [0.717, 1.165) is 24.7 Å². The first-order valence-electron chi connectivity index (χ1n) is 9.15. The molecule has 1 fully saturated rings. The second-order valence-electron chi connectivity index (χ2n) is 7.19. The maximum atomic E-state index is 12.5. The Balaban J connectivity index is 1.74. The largest absolute Gasteiger partial charge is 0.351 e. The minimum Gasteiger partial charge on any atom is -0.351 e. The fourth-order valence-electron chi connectivity index (χ4n) is 3.79. The Kier molecular flexibility index (Phi) is 5.97. The molecule has 1 saturated carbocycles. The molecule has 0 saturated heterocycles. The highest BCUT2D eigenvalue weighted by molar-refractivity contribution is 7.86. The van der Waals surface area contributed by atoms with Crippen molar-refractivity contribution in [3.8, 4) is 0 Å². The molecule has 2 aromatic rings. The average molecular weight is 388 g/mol.